The number of hydrogen-bond acceptors (Lipinski definition) is 4. The van der Waals surface area contributed by atoms with Gasteiger partial charge in [-0.2, -0.15) is 0 Å². The van der Waals surface area contributed by atoms with Crippen molar-refractivity contribution in [3.05, 3.63) is 51.2 Å². The van der Waals surface area contributed by atoms with Crippen molar-refractivity contribution >= 4 is 45.7 Å². The first kappa shape index (κ1) is 13.7. The molecular formula is C14H9ClN2O3S. The molecule has 5 nitrogen and oxygen atoms in total. The molecule has 0 unspecified atom stereocenters. The molecule has 0 aliphatic carbocycles. The average molecular weight is 333 g/mol. The molecule has 2 heterocycles. The van der Waals surface area contributed by atoms with Gasteiger partial charge in [-0.15, -0.1) is 11.3 Å². The summed E-state index contributed by atoms with van der Waals surface area (Å²) in [6.07, 6.45) is 0. The number of benzene rings is 1. The maximum atomic E-state index is 12.5. The number of hydrogen-bond donors (Lipinski definition) is 2. The fraction of sp³-hybridized carbons (Fsp3) is 0. The van der Waals surface area contributed by atoms with Crippen molar-refractivity contribution < 1.29 is 14.7 Å². The summed E-state index contributed by atoms with van der Waals surface area (Å²) >= 11 is 7.19. The molecule has 0 radical (unpaired) electrons. The minimum absolute atomic E-state index is 0.0220. The van der Waals surface area contributed by atoms with Crippen molar-refractivity contribution in [2.75, 3.05) is 0 Å². The van der Waals surface area contributed by atoms with E-state index in [4.69, 9.17) is 17.3 Å². The maximum absolute atomic E-state index is 12.5. The Hall–Kier alpha value is -2.31. The predicted molar refractivity (Wildman–Crippen MR) is 81.3 cm³/mol. The van der Waals surface area contributed by atoms with E-state index in [1.54, 1.807) is 23.6 Å². The van der Waals surface area contributed by atoms with Crippen molar-refractivity contribution in [3.8, 4) is 5.88 Å². The van der Waals surface area contributed by atoms with Crippen LogP contribution in [0.3, 0.4) is 0 Å². The monoisotopic (exact) mass is 332 g/mol. The van der Waals surface area contributed by atoms with E-state index in [2.05, 4.69) is 0 Å². The van der Waals surface area contributed by atoms with Crippen molar-refractivity contribution in [3.63, 3.8) is 0 Å². The van der Waals surface area contributed by atoms with Gasteiger partial charge in [-0.25, -0.2) is 9.36 Å². The van der Waals surface area contributed by atoms with Gasteiger partial charge in [0.1, 0.15) is 0 Å². The van der Waals surface area contributed by atoms with Crippen LogP contribution in [0.4, 0.5) is 4.79 Å². The summed E-state index contributed by atoms with van der Waals surface area (Å²) in [5.41, 5.74) is 5.63. The number of nitrogens with two attached hydrogens (primary N) is 1. The molecule has 0 aliphatic heterocycles. The Morgan fingerprint density at radius 2 is 2.19 bits per heavy atom. The third kappa shape index (κ3) is 2.09. The number of ketones is 1. The van der Waals surface area contributed by atoms with E-state index in [0.29, 0.717) is 20.8 Å². The highest BCUT2D eigenvalue weighted by Gasteiger charge is 2.26. The van der Waals surface area contributed by atoms with Crippen LogP contribution in [0.15, 0.2) is 35.7 Å². The van der Waals surface area contributed by atoms with E-state index in [0.717, 1.165) is 4.57 Å². The molecule has 0 fully saturated rings. The van der Waals surface area contributed by atoms with Crippen molar-refractivity contribution in [1.29, 1.82) is 0 Å². The smallest absolute Gasteiger partial charge is 0.326 e. The predicted octanol–water partition coefficient (Wildman–Crippen LogP) is 3.22. The Kier molecular flexibility index (Phi) is 3.19. The molecule has 2 aromatic heterocycles. The van der Waals surface area contributed by atoms with Crippen molar-refractivity contribution in [2.45, 2.75) is 0 Å². The molecule has 3 rings (SSSR count). The summed E-state index contributed by atoms with van der Waals surface area (Å²) in [7, 11) is 0. The van der Waals surface area contributed by atoms with Gasteiger partial charge in [0, 0.05) is 10.4 Å². The number of rotatable bonds is 2. The summed E-state index contributed by atoms with van der Waals surface area (Å²) in [5, 5.41) is 12.8. The quantitative estimate of drug-likeness (QED) is 0.706. The molecule has 0 atom stereocenters. The van der Waals surface area contributed by atoms with Gasteiger partial charge in [0.05, 0.1) is 16.0 Å². The lowest BCUT2D eigenvalue weighted by Gasteiger charge is -2.00. The lowest BCUT2D eigenvalue weighted by atomic mass is 10.2. The van der Waals surface area contributed by atoms with Gasteiger partial charge in [0.2, 0.25) is 11.7 Å². The Bertz CT molecular complexity index is 868. The highest BCUT2D eigenvalue weighted by molar-refractivity contribution is 7.12. The molecular weight excluding hydrogens is 324 g/mol. The Morgan fingerprint density at radius 3 is 2.81 bits per heavy atom. The number of carbonyl (C=O) groups is 2. The van der Waals surface area contributed by atoms with E-state index < -0.39 is 11.9 Å². The van der Waals surface area contributed by atoms with Crippen LogP contribution in [0.5, 0.6) is 5.88 Å². The number of amides is 1. The lowest BCUT2D eigenvalue weighted by Crippen LogP contribution is -2.18. The fourth-order valence-electron chi connectivity index (χ4n) is 2.23. The van der Waals surface area contributed by atoms with Crippen LogP contribution in [0.1, 0.15) is 15.2 Å². The first-order valence-corrected chi connectivity index (χ1v) is 7.17. The maximum Gasteiger partial charge on any atom is 0.326 e. The number of thiophene rings is 1. The summed E-state index contributed by atoms with van der Waals surface area (Å²) in [6.45, 7) is 0. The highest BCUT2D eigenvalue weighted by atomic mass is 35.5. The lowest BCUT2D eigenvalue weighted by molar-refractivity contribution is 0.104. The first-order valence-electron chi connectivity index (χ1n) is 5.91. The molecule has 21 heavy (non-hydrogen) atoms. The molecule has 0 spiro atoms. The third-order valence-corrected chi connectivity index (χ3v) is 4.20. The number of primary amides is 1. The standard InChI is InChI=1S/C14H9ClN2O3S/c15-7-3-4-9-8(6-7)11(13(19)17(9)14(16)20)12(18)10-2-1-5-21-10/h1-6,19H,(H2,16,20)/i3+2,4+2,6+2,7+2,8+2,9+2. The molecule has 0 bridgehead atoms. The molecule has 1 amide bonds. The number of aromatic hydroxyl groups is 1. The summed E-state index contributed by atoms with van der Waals surface area (Å²) in [5.74, 6) is -0.854. The van der Waals surface area contributed by atoms with Crippen LogP contribution < -0.4 is 5.73 Å². The summed E-state index contributed by atoms with van der Waals surface area (Å²) < 4.78 is 0.895. The number of aromatic nitrogens is 1. The van der Waals surface area contributed by atoms with E-state index in [-0.39, 0.29) is 11.3 Å². The highest BCUT2D eigenvalue weighted by Crippen LogP contribution is 2.35. The Morgan fingerprint density at radius 1 is 1.43 bits per heavy atom. The number of fused-ring (bicyclic) bond motifs is 1. The zero-order valence-electron chi connectivity index (χ0n) is 10.5. The van der Waals surface area contributed by atoms with Crippen LogP contribution in [0.2, 0.25) is 5.02 Å². The van der Waals surface area contributed by atoms with Gasteiger partial charge in [0.25, 0.3) is 0 Å². The van der Waals surface area contributed by atoms with E-state index >= 15 is 0 Å². The second-order valence-electron chi connectivity index (χ2n) is 4.34. The number of nitrogens with zero attached hydrogens (tertiary/aromatic N) is 1. The zero-order valence-corrected chi connectivity index (χ0v) is 12.1. The SMILES string of the molecule is NC(=O)n1c(O)c(C(=O)c2cccs2)[14c]2[14cH][14c](Cl)[14cH][14cH][14c]21. The largest absolute Gasteiger partial charge is 0.494 e. The molecule has 3 N–H and O–H groups in total. The molecule has 0 aliphatic rings. The fourth-order valence-corrected chi connectivity index (χ4v) is 3.07. The minimum Gasteiger partial charge on any atom is -0.494 e. The van der Waals surface area contributed by atoms with E-state index in [1.165, 1.54) is 23.5 Å². The number of carbonyl (C=O) groups excluding carboxylic acids is 2. The summed E-state index contributed by atoms with van der Waals surface area (Å²) in [6, 6.07) is 7.12. The van der Waals surface area contributed by atoms with Crippen LogP contribution >= 0.6 is 22.9 Å². The van der Waals surface area contributed by atoms with Gasteiger partial charge >= 0.3 is 6.03 Å². The Labute approximate surface area is 128 Å². The van der Waals surface area contributed by atoms with Gasteiger partial charge in [-0.1, -0.05) is 17.7 Å². The molecule has 0 saturated heterocycles. The Balaban J connectivity index is 2.36. The third-order valence-electron chi connectivity index (χ3n) is 3.10. The molecule has 1 aromatic carbocycles. The van der Waals surface area contributed by atoms with Crippen LogP contribution in [-0.4, -0.2) is 21.5 Å². The zero-order chi connectivity index (χ0) is 15.1. The topological polar surface area (TPSA) is 85.3 Å². The van der Waals surface area contributed by atoms with Crippen LogP contribution in [-0.2, 0) is 0 Å². The second kappa shape index (κ2) is 4.91. The van der Waals surface area contributed by atoms with Gasteiger partial charge in [-0.05, 0) is 29.6 Å². The molecule has 106 valence electrons. The molecule has 0 saturated carbocycles. The van der Waals surface area contributed by atoms with Crippen molar-refractivity contribution in [1.82, 2.24) is 4.57 Å². The second-order valence-corrected chi connectivity index (χ2v) is 5.72. The average Bonchev–Trinajstić information content (AvgIpc) is 3.03. The van der Waals surface area contributed by atoms with E-state index in [1.807, 2.05) is 0 Å². The van der Waals surface area contributed by atoms with Crippen LogP contribution in [0.25, 0.3) is 10.9 Å². The minimum atomic E-state index is -0.870. The van der Waals surface area contributed by atoms with Gasteiger partial charge in [-0.3, -0.25) is 4.79 Å². The van der Waals surface area contributed by atoms with Gasteiger partial charge in [0.15, 0.2) is 0 Å². The molecule has 3 aromatic rings. The van der Waals surface area contributed by atoms with Crippen molar-refractivity contribution in [2.24, 2.45) is 5.73 Å². The number of halogens is 1. The van der Waals surface area contributed by atoms with E-state index in [9.17, 15) is 14.7 Å². The first-order chi connectivity index (χ1) is 10.0. The van der Waals surface area contributed by atoms with Crippen LogP contribution in [0, 0.1) is 0 Å². The normalized spacial score (nSPS) is 10.9. The summed E-state index contributed by atoms with van der Waals surface area (Å²) in [4.78, 5) is 24.5. The van der Waals surface area contributed by atoms with Gasteiger partial charge < -0.3 is 10.8 Å². The molecule has 7 heteroatoms.